The van der Waals surface area contributed by atoms with Crippen molar-refractivity contribution in [1.82, 2.24) is 20.0 Å². The maximum absolute atomic E-state index is 10.9. The van der Waals surface area contributed by atoms with Crippen molar-refractivity contribution >= 4 is 11.5 Å². The van der Waals surface area contributed by atoms with Crippen molar-refractivity contribution in [2.75, 3.05) is 5.32 Å². The minimum atomic E-state index is -0.433. The van der Waals surface area contributed by atoms with E-state index in [-0.39, 0.29) is 5.69 Å². The van der Waals surface area contributed by atoms with E-state index >= 15 is 0 Å². The Bertz CT molecular complexity index is 530. The van der Waals surface area contributed by atoms with Gasteiger partial charge in [-0.15, -0.1) is 0 Å². The zero-order valence-electron chi connectivity index (χ0n) is 9.47. The summed E-state index contributed by atoms with van der Waals surface area (Å²) in [5.74, 6) is 0.391. The summed E-state index contributed by atoms with van der Waals surface area (Å²) in [6.45, 7) is 2.04. The highest BCUT2D eigenvalue weighted by molar-refractivity contribution is 5.59. The van der Waals surface area contributed by atoms with Gasteiger partial charge in [0.15, 0.2) is 0 Å². The topological polar surface area (TPSA) is 102 Å². The fourth-order valence-corrected chi connectivity index (χ4v) is 1.63. The van der Waals surface area contributed by atoms with Crippen molar-refractivity contribution in [1.29, 1.82) is 0 Å². The summed E-state index contributed by atoms with van der Waals surface area (Å²) >= 11 is 0. The molecular weight excluding hydrogens is 224 g/mol. The molecule has 0 aliphatic carbocycles. The Hall–Kier alpha value is -2.38. The monoisotopic (exact) mass is 236 g/mol. The Morgan fingerprint density at radius 2 is 2.41 bits per heavy atom. The SMILES string of the molecule is Cc1nn(C)c(NCc2ccn[nH]2)c1[N+](=O)[O-]. The maximum Gasteiger partial charge on any atom is 0.333 e. The number of nitrogens with one attached hydrogen (secondary N) is 2. The maximum atomic E-state index is 10.9. The predicted octanol–water partition coefficient (Wildman–Crippen LogP) is 0.972. The third-order valence-electron chi connectivity index (χ3n) is 2.38. The molecule has 2 heterocycles. The van der Waals surface area contributed by atoms with E-state index in [1.54, 1.807) is 26.2 Å². The molecule has 17 heavy (non-hydrogen) atoms. The molecule has 0 aromatic carbocycles. The number of hydrogen-bond acceptors (Lipinski definition) is 5. The molecule has 2 rings (SSSR count). The molecule has 0 saturated carbocycles. The number of anilines is 1. The van der Waals surface area contributed by atoms with Gasteiger partial charge in [-0.3, -0.25) is 15.2 Å². The van der Waals surface area contributed by atoms with Crippen LogP contribution < -0.4 is 5.32 Å². The van der Waals surface area contributed by atoms with E-state index in [0.29, 0.717) is 18.1 Å². The molecule has 0 aliphatic rings. The van der Waals surface area contributed by atoms with E-state index < -0.39 is 4.92 Å². The molecule has 0 radical (unpaired) electrons. The predicted molar refractivity (Wildman–Crippen MR) is 60.5 cm³/mol. The largest absolute Gasteiger partial charge is 0.359 e. The molecule has 90 valence electrons. The second-order valence-corrected chi connectivity index (χ2v) is 3.60. The fourth-order valence-electron chi connectivity index (χ4n) is 1.63. The van der Waals surface area contributed by atoms with Gasteiger partial charge in [-0.25, -0.2) is 4.68 Å². The molecule has 0 fully saturated rings. The molecule has 0 unspecified atom stereocenters. The van der Waals surface area contributed by atoms with Crippen molar-refractivity contribution in [3.05, 3.63) is 33.8 Å². The van der Waals surface area contributed by atoms with Crippen molar-refractivity contribution in [2.24, 2.45) is 7.05 Å². The normalized spacial score (nSPS) is 10.5. The molecule has 0 aliphatic heterocycles. The fraction of sp³-hybridized carbons (Fsp3) is 0.333. The van der Waals surface area contributed by atoms with Crippen molar-refractivity contribution < 1.29 is 4.92 Å². The first-order chi connectivity index (χ1) is 8.09. The summed E-state index contributed by atoms with van der Waals surface area (Å²) in [6, 6.07) is 1.79. The average molecular weight is 236 g/mol. The number of aromatic nitrogens is 4. The quantitative estimate of drug-likeness (QED) is 0.608. The Morgan fingerprint density at radius 3 is 3.00 bits per heavy atom. The van der Waals surface area contributed by atoms with Crippen LogP contribution >= 0.6 is 0 Å². The van der Waals surface area contributed by atoms with Gasteiger partial charge in [-0.1, -0.05) is 0 Å². The minimum Gasteiger partial charge on any atom is -0.359 e. The molecule has 2 aromatic heterocycles. The lowest BCUT2D eigenvalue weighted by atomic mass is 10.3. The van der Waals surface area contributed by atoms with Crippen LogP contribution in [0.3, 0.4) is 0 Å². The number of nitro groups is 1. The lowest BCUT2D eigenvalue weighted by Gasteiger charge is -2.03. The molecule has 0 amide bonds. The van der Waals surface area contributed by atoms with Crippen LogP contribution in [0.1, 0.15) is 11.4 Å². The summed E-state index contributed by atoms with van der Waals surface area (Å²) in [5, 5.41) is 24.5. The highest BCUT2D eigenvalue weighted by atomic mass is 16.6. The van der Waals surface area contributed by atoms with Crippen LogP contribution in [-0.2, 0) is 13.6 Å². The van der Waals surface area contributed by atoms with Gasteiger partial charge in [-0.2, -0.15) is 10.2 Å². The molecule has 8 heteroatoms. The van der Waals surface area contributed by atoms with Gasteiger partial charge in [0.05, 0.1) is 17.2 Å². The lowest BCUT2D eigenvalue weighted by molar-refractivity contribution is -0.384. The Balaban J connectivity index is 2.23. The van der Waals surface area contributed by atoms with Gasteiger partial charge in [0, 0.05) is 13.2 Å². The van der Waals surface area contributed by atoms with Gasteiger partial charge in [0.25, 0.3) is 0 Å². The number of aryl methyl sites for hydroxylation is 2. The molecule has 2 N–H and O–H groups in total. The first-order valence-corrected chi connectivity index (χ1v) is 4.99. The van der Waals surface area contributed by atoms with E-state index in [1.807, 2.05) is 0 Å². The first kappa shape index (κ1) is 11.1. The summed E-state index contributed by atoms with van der Waals surface area (Å²) in [6.07, 6.45) is 1.62. The van der Waals surface area contributed by atoms with Crippen molar-refractivity contribution in [2.45, 2.75) is 13.5 Å². The van der Waals surface area contributed by atoms with Gasteiger partial charge in [0.2, 0.25) is 5.82 Å². The Morgan fingerprint density at radius 1 is 1.65 bits per heavy atom. The van der Waals surface area contributed by atoms with Gasteiger partial charge in [0.1, 0.15) is 5.69 Å². The van der Waals surface area contributed by atoms with Crippen LogP contribution in [0.15, 0.2) is 12.3 Å². The van der Waals surface area contributed by atoms with Crippen LogP contribution in [0.4, 0.5) is 11.5 Å². The highest BCUT2D eigenvalue weighted by Crippen LogP contribution is 2.27. The van der Waals surface area contributed by atoms with Crippen LogP contribution in [0.5, 0.6) is 0 Å². The third kappa shape index (κ3) is 2.10. The molecule has 0 spiro atoms. The molecular formula is C9H12N6O2. The zero-order chi connectivity index (χ0) is 12.4. The summed E-state index contributed by atoms with van der Waals surface area (Å²) in [5.41, 5.74) is 1.25. The van der Waals surface area contributed by atoms with E-state index in [1.165, 1.54) is 4.68 Å². The summed E-state index contributed by atoms with van der Waals surface area (Å²) in [4.78, 5) is 10.5. The number of aromatic amines is 1. The lowest BCUT2D eigenvalue weighted by Crippen LogP contribution is -2.06. The summed E-state index contributed by atoms with van der Waals surface area (Å²) < 4.78 is 1.46. The standard InChI is InChI=1S/C9H12N6O2/c1-6-8(15(16)17)9(14(2)13-6)10-5-7-3-4-11-12-7/h3-4,10H,5H2,1-2H3,(H,11,12). The molecule has 0 saturated heterocycles. The van der Waals surface area contributed by atoms with Gasteiger partial charge >= 0.3 is 5.69 Å². The second kappa shape index (κ2) is 4.24. The Kier molecular flexibility index (Phi) is 2.77. The van der Waals surface area contributed by atoms with Crippen LogP contribution in [0, 0.1) is 17.0 Å². The van der Waals surface area contributed by atoms with Crippen LogP contribution in [0.25, 0.3) is 0 Å². The highest BCUT2D eigenvalue weighted by Gasteiger charge is 2.23. The average Bonchev–Trinajstić information content (AvgIpc) is 2.83. The third-order valence-corrected chi connectivity index (χ3v) is 2.38. The minimum absolute atomic E-state index is 0.00650. The second-order valence-electron chi connectivity index (χ2n) is 3.60. The number of hydrogen-bond donors (Lipinski definition) is 2. The molecule has 0 bridgehead atoms. The Labute approximate surface area is 96.8 Å². The smallest absolute Gasteiger partial charge is 0.333 e. The van der Waals surface area contributed by atoms with E-state index in [2.05, 4.69) is 20.6 Å². The van der Waals surface area contributed by atoms with Crippen LogP contribution in [-0.4, -0.2) is 24.9 Å². The van der Waals surface area contributed by atoms with E-state index in [0.717, 1.165) is 5.69 Å². The van der Waals surface area contributed by atoms with E-state index in [4.69, 9.17) is 0 Å². The number of H-pyrrole nitrogens is 1. The van der Waals surface area contributed by atoms with Crippen molar-refractivity contribution in [3.63, 3.8) is 0 Å². The van der Waals surface area contributed by atoms with Gasteiger partial charge in [-0.05, 0) is 13.0 Å². The van der Waals surface area contributed by atoms with E-state index in [9.17, 15) is 10.1 Å². The number of nitrogens with zero attached hydrogens (tertiary/aromatic N) is 4. The molecule has 2 aromatic rings. The molecule has 0 atom stereocenters. The molecule has 8 nitrogen and oxygen atoms in total. The zero-order valence-corrected chi connectivity index (χ0v) is 9.47. The first-order valence-electron chi connectivity index (χ1n) is 4.99. The number of rotatable bonds is 4. The van der Waals surface area contributed by atoms with Crippen molar-refractivity contribution in [3.8, 4) is 0 Å². The van der Waals surface area contributed by atoms with Crippen LogP contribution in [0.2, 0.25) is 0 Å². The summed E-state index contributed by atoms with van der Waals surface area (Å²) in [7, 11) is 1.66. The van der Waals surface area contributed by atoms with Gasteiger partial charge < -0.3 is 5.32 Å².